The molecule has 0 aliphatic heterocycles. The number of nitrogens with one attached hydrogen (secondary N) is 2. The van der Waals surface area contributed by atoms with E-state index in [1.165, 1.54) is 12.5 Å². The SMILES string of the molecule is CC(=O)Nc1ccc(NC(=O)CCCCc2ccccc2)cc1. The Bertz CT molecular complexity index is 636. The standard InChI is InChI=1S/C19H22N2O2/c1-15(22)20-17-11-13-18(14-12-17)21-19(23)10-6-5-9-16-7-3-2-4-8-16/h2-4,7-8,11-14H,5-6,9-10H2,1H3,(H,20,22)(H,21,23). The highest BCUT2D eigenvalue weighted by atomic mass is 16.2. The maximum Gasteiger partial charge on any atom is 0.224 e. The first-order valence-corrected chi connectivity index (χ1v) is 7.85. The molecule has 0 atom stereocenters. The first-order chi connectivity index (χ1) is 11.1. The molecule has 0 spiro atoms. The second kappa shape index (κ2) is 8.73. The lowest BCUT2D eigenvalue weighted by Crippen LogP contribution is -2.11. The summed E-state index contributed by atoms with van der Waals surface area (Å²) in [7, 11) is 0. The first kappa shape index (κ1) is 16.7. The normalized spacial score (nSPS) is 10.1. The fourth-order valence-corrected chi connectivity index (χ4v) is 2.32. The number of benzene rings is 2. The van der Waals surface area contributed by atoms with Gasteiger partial charge < -0.3 is 10.6 Å². The van der Waals surface area contributed by atoms with Crippen molar-refractivity contribution in [3.8, 4) is 0 Å². The molecule has 23 heavy (non-hydrogen) atoms. The third kappa shape index (κ3) is 6.34. The molecule has 2 aromatic carbocycles. The van der Waals surface area contributed by atoms with Crippen molar-refractivity contribution >= 4 is 23.2 Å². The summed E-state index contributed by atoms with van der Waals surface area (Å²) in [5.41, 5.74) is 2.77. The van der Waals surface area contributed by atoms with E-state index in [-0.39, 0.29) is 11.8 Å². The number of hydrogen-bond donors (Lipinski definition) is 2. The zero-order chi connectivity index (χ0) is 16.5. The van der Waals surface area contributed by atoms with Gasteiger partial charge in [-0.15, -0.1) is 0 Å². The molecule has 4 heteroatoms. The summed E-state index contributed by atoms with van der Waals surface area (Å²) in [5.74, 6) is -0.0921. The van der Waals surface area contributed by atoms with E-state index in [1.807, 2.05) is 18.2 Å². The van der Waals surface area contributed by atoms with Crippen LogP contribution in [0.5, 0.6) is 0 Å². The van der Waals surface area contributed by atoms with Crippen LogP contribution < -0.4 is 10.6 Å². The molecule has 0 aliphatic rings. The van der Waals surface area contributed by atoms with Gasteiger partial charge in [-0.2, -0.15) is 0 Å². The van der Waals surface area contributed by atoms with Crippen molar-refractivity contribution in [3.05, 3.63) is 60.2 Å². The molecule has 0 aliphatic carbocycles. The van der Waals surface area contributed by atoms with Crippen molar-refractivity contribution in [3.63, 3.8) is 0 Å². The second-order valence-electron chi connectivity index (χ2n) is 5.50. The van der Waals surface area contributed by atoms with Crippen LogP contribution in [0.3, 0.4) is 0 Å². The Balaban J connectivity index is 1.69. The fraction of sp³-hybridized carbons (Fsp3) is 0.263. The molecule has 0 aromatic heterocycles. The van der Waals surface area contributed by atoms with Crippen LogP contribution in [0.4, 0.5) is 11.4 Å². The quantitative estimate of drug-likeness (QED) is 0.760. The highest BCUT2D eigenvalue weighted by Gasteiger charge is 2.03. The van der Waals surface area contributed by atoms with Crippen LogP contribution in [-0.4, -0.2) is 11.8 Å². The van der Waals surface area contributed by atoms with E-state index in [2.05, 4.69) is 22.8 Å². The van der Waals surface area contributed by atoms with Crippen molar-refractivity contribution in [2.24, 2.45) is 0 Å². The van der Waals surface area contributed by atoms with Crippen molar-refractivity contribution < 1.29 is 9.59 Å². The Morgan fingerprint density at radius 2 is 1.43 bits per heavy atom. The fourth-order valence-electron chi connectivity index (χ4n) is 2.32. The topological polar surface area (TPSA) is 58.2 Å². The first-order valence-electron chi connectivity index (χ1n) is 7.85. The van der Waals surface area contributed by atoms with Crippen LogP contribution in [0.25, 0.3) is 0 Å². The largest absolute Gasteiger partial charge is 0.326 e. The average Bonchev–Trinajstić information content (AvgIpc) is 2.54. The Hall–Kier alpha value is -2.62. The Morgan fingerprint density at radius 1 is 0.826 bits per heavy atom. The molecule has 0 radical (unpaired) electrons. The molecular formula is C19H22N2O2. The van der Waals surface area contributed by atoms with Gasteiger partial charge in [0.25, 0.3) is 0 Å². The lowest BCUT2D eigenvalue weighted by atomic mass is 10.1. The van der Waals surface area contributed by atoms with E-state index in [4.69, 9.17) is 0 Å². The van der Waals surface area contributed by atoms with Gasteiger partial charge in [-0.1, -0.05) is 30.3 Å². The molecule has 0 saturated heterocycles. The van der Waals surface area contributed by atoms with Crippen molar-refractivity contribution in [2.45, 2.75) is 32.6 Å². The van der Waals surface area contributed by atoms with Crippen LogP contribution in [0.2, 0.25) is 0 Å². The van der Waals surface area contributed by atoms with Crippen LogP contribution in [0.1, 0.15) is 31.7 Å². The monoisotopic (exact) mass is 310 g/mol. The van der Waals surface area contributed by atoms with Gasteiger partial charge in [-0.3, -0.25) is 9.59 Å². The van der Waals surface area contributed by atoms with Crippen molar-refractivity contribution in [1.29, 1.82) is 0 Å². The maximum absolute atomic E-state index is 11.9. The number of carbonyl (C=O) groups excluding carboxylic acids is 2. The summed E-state index contributed by atoms with van der Waals surface area (Å²) in [6.45, 7) is 1.46. The number of rotatable bonds is 7. The lowest BCUT2D eigenvalue weighted by molar-refractivity contribution is -0.116. The zero-order valence-corrected chi connectivity index (χ0v) is 13.3. The van der Waals surface area contributed by atoms with Crippen LogP contribution in [-0.2, 0) is 16.0 Å². The molecule has 0 saturated carbocycles. The van der Waals surface area contributed by atoms with Gasteiger partial charge in [0.15, 0.2) is 0 Å². The molecule has 0 fully saturated rings. The average molecular weight is 310 g/mol. The summed E-state index contributed by atoms with van der Waals surface area (Å²) < 4.78 is 0. The van der Waals surface area contributed by atoms with E-state index in [0.717, 1.165) is 30.6 Å². The lowest BCUT2D eigenvalue weighted by Gasteiger charge is -2.07. The summed E-state index contributed by atoms with van der Waals surface area (Å²) in [6.07, 6.45) is 3.38. The summed E-state index contributed by atoms with van der Waals surface area (Å²) in [6, 6.07) is 17.4. The smallest absolute Gasteiger partial charge is 0.224 e. The minimum absolute atomic E-state index is 0.0188. The predicted molar refractivity (Wildman–Crippen MR) is 93.4 cm³/mol. The van der Waals surface area contributed by atoms with Crippen LogP contribution in [0.15, 0.2) is 54.6 Å². The zero-order valence-electron chi connectivity index (χ0n) is 13.3. The number of amides is 2. The molecule has 4 nitrogen and oxygen atoms in total. The number of unbranched alkanes of at least 4 members (excludes halogenated alkanes) is 1. The molecule has 2 amide bonds. The van der Waals surface area contributed by atoms with Crippen molar-refractivity contribution in [1.82, 2.24) is 0 Å². The van der Waals surface area contributed by atoms with E-state index in [9.17, 15) is 9.59 Å². The summed E-state index contributed by atoms with van der Waals surface area (Å²) in [4.78, 5) is 22.8. The van der Waals surface area contributed by atoms with Gasteiger partial charge in [0.05, 0.1) is 0 Å². The van der Waals surface area contributed by atoms with E-state index in [1.54, 1.807) is 24.3 Å². The summed E-state index contributed by atoms with van der Waals surface area (Å²) in [5, 5.41) is 5.56. The minimum atomic E-state index is -0.111. The van der Waals surface area contributed by atoms with Crippen molar-refractivity contribution in [2.75, 3.05) is 10.6 Å². The molecule has 120 valence electrons. The molecule has 0 bridgehead atoms. The maximum atomic E-state index is 11.9. The summed E-state index contributed by atoms with van der Waals surface area (Å²) >= 11 is 0. The number of carbonyl (C=O) groups is 2. The highest BCUT2D eigenvalue weighted by molar-refractivity contribution is 5.92. The third-order valence-corrected chi connectivity index (χ3v) is 3.45. The molecule has 2 rings (SSSR count). The van der Waals surface area contributed by atoms with Crippen LogP contribution in [0, 0.1) is 0 Å². The Labute approximate surface area is 136 Å². The molecule has 0 heterocycles. The van der Waals surface area contributed by atoms with Gasteiger partial charge in [0.2, 0.25) is 11.8 Å². The van der Waals surface area contributed by atoms with Gasteiger partial charge >= 0.3 is 0 Å². The Morgan fingerprint density at radius 3 is 2.04 bits per heavy atom. The molecule has 2 N–H and O–H groups in total. The predicted octanol–water partition coefficient (Wildman–Crippen LogP) is 4.00. The van der Waals surface area contributed by atoms with Gasteiger partial charge in [0, 0.05) is 24.7 Å². The third-order valence-electron chi connectivity index (χ3n) is 3.45. The van der Waals surface area contributed by atoms with Crippen LogP contribution >= 0.6 is 0 Å². The minimum Gasteiger partial charge on any atom is -0.326 e. The Kier molecular flexibility index (Phi) is 6.36. The molecular weight excluding hydrogens is 288 g/mol. The van der Waals surface area contributed by atoms with Gasteiger partial charge in [-0.25, -0.2) is 0 Å². The highest BCUT2D eigenvalue weighted by Crippen LogP contribution is 2.14. The van der Waals surface area contributed by atoms with Gasteiger partial charge in [-0.05, 0) is 49.1 Å². The number of anilines is 2. The van der Waals surface area contributed by atoms with Gasteiger partial charge in [0.1, 0.15) is 0 Å². The molecule has 2 aromatic rings. The number of aryl methyl sites for hydroxylation is 1. The van der Waals surface area contributed by atoms with E-state index < -0.39 is 0 Å². The number of hydrogen-bond acceptors (Lipinski definition) is 2. The second-order valence-corrected chi connectivity index (χ2v) is 5.50. The molecule has 0 unspecified atom stereocenters. The van der Waals surface area contributed by atoms with E-state index >= 15 is 0 Å². The van der Waals surface area contributed by atoms with E-state index in [0.29, 0.717) is 6.42 Å².